The number of hydrogen-bond donors (Lipinski definition) is 2. The van der Waals surface area contributed by atoms with Gasteiger partial charge in [0.15, 0.2) is 0 Å². The zero-order chi connectivity index (χ0) is 14.4. The molecule has 0 aliphatic heterocycles. The van der Waals surface area contributed by atoms with Gasteiger partial charge in [-0.05, 0) is 31.2 Å². The highest BCUT2D eigenvalue weighted by Gasteiger charge is 2.32. The Labute approximate surface area is 115 Å². The van der Waals surface area contributed by atoms with Crippen LogP contribution in [0.4, 0.5) is 0 Å². The summed E-state index contributed by atoms with van der Waals surface area (Å²) in [6, 6.07) is 9.84. The Bertz CT molecular complexity index is 386. The molecule has 1 aromatic carbocycles. The maximum absolute atomic E-state index is 11.6. The van der Waals surface area contributed by atoms with E-state index in [0.717, 1.165) is 5.56 Å². The SMILES string of the molecule is CC(=O)[C@@H]([C@H](O)CCc1ccccc1)[C@H](O)C(C)C. The van der Waals surface area contributed by atoms with Gasteiger partial charge in [0.25, 0.3) is 0 Å². The van der Waals surface area contributed by atoms with Crippen molar-refractivity contribution in [1.29, 1.82) is 0 Å². The monoisotopic (exact) mass is 264 g/mol. The molecule has 0 unspecified atom stereocenters. The van der Waals surface area contributed by atoms with Gasteiger partial charge in [0.1, 0.15) is 5.78 Å². The molecule has 0 aliphatic rings. The molecule has 0 amide bonds. The predicted octanol–water partition coefficient (Wildman–Crippen LogP) is 2.20. The molecular weight excluding hydrogens is 240 g/mol. The highest BCUT2D eigenvalue weighted by Crippen LogP contribution is 2.21. The van der Waals surface area contributed by atoms with Crippen molar-refractivity contribution in [3.05, 3.63) is 35.9 Å². The first-order valence-corrected chi connectivity index (χ1v) is 6.84. The van der Waals surface area contributed by atoms with Gasteiger partial charge in [-0.3, -0.25) is 4.79 Å². The van der Waals surface area contributed by atoms with Gasteiger partial charge in [0.2, 0.25) is 0 Å². The van der Waals surface area contributed by atoms with Crippen LogP contribution < -0.4 is 0 Å². The normalized spacial score (nSPS) is 16.1. The maximum Gasteiger partial charge on any atom is 0.138 e. The summed E-state index contributed by atoms with van der Waals surface area (Å²) in [6.45, 7) is 5.14. The highest BCUT2D eigenvalue weighted by atomic mass is 16.3. The van der Waals surface area contributed by atoms with E-state index in [0.29, 0.717) is 12.8 Å². The molecular formula is C16H24O3. The van der Waals surface area contributed by atoms with Crippen LogP contribution in [0.5, 0.6) is 0 Å². The molecule has 3 heteroatoms. The Hall–Kier alpha value is -1.19. The molecule has 106 valence electrons. The molecule has 1 aromatic rings. The van der Waals surface area contributed by atoms with E-state index < -0.39 is 18.1 Å². The fraction of sp³-hybridized carbons (Fsp3) is 0.562. The first kappa shape index (κ1) is 15.9. The van der Waals surface area contributed by atoms with Crippen LogP contribution in [0.1, 0.15) is 32.8 Å². The van der Waals surface area contributed by atoms with E-state index in [1.165, 1.54) is 6.92 Å². The van der Waals surface area contributed by atoms with E-state index in [1.807, 2.05) is 44.2 Å². The lowest BCUT2D eigenvalue weighted by Crippen LogP contribution is -2.40. The van der Waals surface area contributed by atoms with Crippen LogP contribution in [-0.2, 0) is 11.2 Å². The molecule has 3 atom stereocenters. The quantitative estimate of drug-likeness (QED) is 0.794. The van der Waals surface area contributed by atoms with Gasteiger partial charge >= 0.3 is 0 Å². The summed E-state index contributed by atoms with van der Waals surface area (Å²) in [5.74, 6) is -0.884. The minimum Gasteiger partial charge on any atom is -0.392 e. The van der Waals surface area contributed by atoms with Gasteiger partial charge < -0.3 is 10.2 Å². The molecule has 2 N–H and O–H groups in total. The van der Waals surface area contributed by atoms with Gasteiger partial charge in [0.05, 0.1) is 18.1 Å². The van der Waals surface area contributed by atoms with E-state index in [-0.39, 0.29) is 11.7 Å². The van der Waals surface area contributed by atoms with Crippen LogP contribution in [0, 0.1) is 11.8 Å². The molecule has 0 radical (unpaired) electrons. The molecule has 3 nitrogen and oxygen atoms in total. The number of carbonyl (C=O) groups is 1. The van der Waals surface area contributed by atoms with Gasteiger partial charge in [-0.15, -0.1) is 0 Å². The molecule has 19 heavy (non-hydrogen) atoms. The van der Waals surface area contributed by atoms with Crippen LogP contribution in [0.15, 0.2) is 30.3 Å². The van der Waals surface area contributed by atoms with Crippen molar-refractivity contribution in [2.45, 2.75) is 45.8 Å². The molecule has 0 spiro atoms. The lowest BCUT2D eigenvalue weighted by molar-refractivity contribution is -0.131. The summed E-state index contributed by atoms with van der Waals surface area (Å²) in [5.41, 5.74) is 1.13. The van der Waals surface area contributed by atoms with Crippen molar-refractivity contribution in [2.24, 2.45) is 11.8 Å². The van der Waals surface area contributed by atoms with Gasteiger partial charge in [0, 0.05) is 0 Å². The van der Waals surface area contributed by atoms with Crippen LogP contribution in [0.2, 0.25) is 0 Å². The third-order valence-electron chi connectivity index (χ3n) is 3.51. The van der Waals surface area contributed by atoms with E-state index in [2.05, 4.69) is 0 Å². The zero-order valence-electron chi connectivity index (χ0n) is 11.9. The van der Waals surface area contributed by atoms with E-state index >= 15 is 0 Å². The van der Waals surface area contributed by atoms with Gasteiger partial charge in [-0.2, -0.15) is 0 Å². The fourth-order valence-corrected chi connectivity index (χ4v) is 2.29. The summed E-state index contributed by atoms with van der Waals surface area (Å²) in [4.78, 5) is 11.6. The molecule has 0 saturated heterocycles. The number of benzene rings is 1. The number of hydrogen-bond acceptors (Lipinski definition) is 3. The Balaban J connectivity index is 2.63. The van der Waals surface area contributed by atoms with Crippen LogP contribution in [0.3, 0.4) is 0 Å². The van der Waals surface area contributed by atoms with Crippen molar-refractivity contribution in [3.8, 4) is 0 Å². The largest absolute Gasteiger partial charge is 0.392 e. The second kappa shape index (κ2) is 7.41. The zero-order valence-corrected chi connectivity index (χ0v) is 11.9. The summed E-state index contributed by atoms with van der Waals surface area (Å²) in [5, 5.41) is 20.2. The summed E-state index contributed by atoms with van der Waals surface area (Å²) in [6.07, 6.45) is -0.396. The Morgan fingerprint density at radius 1 is 1.16 bits per heavy atom. The Morgan fingerprint density at radius 3 is 2.21 bits per heavy atom. The maximum atomic E-state index is 11.6. The summed E-state index contributed by atoms with van der Waals surface area (Å²) < 4.78 is 0. The number of aliphatic hydroxyl groups is 2. The average Bonchev–Trinajstić information content (AvgIpc) is 2.37. The smallest absolute Gasteiger partial charge is 0.138 e. The lowest BCUT2D eigenvalue weighted by Gasteiger charge is -2.28. The van der Waals surface area contributed by atoms with Crippen molar-refractivity contribution in [3.63, 3.8) is 0 Å². The lowest BCUT2D eigenvalue weighted by atomic mass is 9.84. The first-order valence-electron chi connectivity index (χ1n) is 6.84. The van der Waals surface area contributed by atoms with Crippen molar-refractivity contribution >= 4 is 5.78 Å². The number of carbonyl (C=O) groups excluding carboxylic acids is 1. The van der Waals surface area contributed by atoms with Gasteiger partial charge in [-0.25, -0.2) is 0 Å². The molecule has 0 aliphatic carbocycles. The molecule has 0 fully saturated rings. The van der Waals surface area contributed by atoms with E-state index in [1.54, 1.807) is 0 Å². The minimum atomic E-state index is -0.796. The second-order valence-electron chi connectivity index (χ2n) is 5.46. The van der Waals surface area contributed by atoms with Crippen molar-refractivity contribution in [2.75, 3.05) is 0 Å². The number of aliphatic hydroxyl groups excluding tert-OH is 2. The van der Waals surface area contributed by atoms with Crippen molar-refractivity contribution < 1.29 is 15.0 Å². The Morgan fingerprint density at radius 2 is 1.74 bits per heavy atom. The molecule has 0 aromatic heterocycles. The minimum absolute atomic E-state index is 0.0414. The number of rotatable bonds is 7. The Kier molecular flexibility index (Phi) is 6.19. The number of ketones is 1. The van der Waals surface area contributed by atoms with Crippen molar-refractivity contribution in [1.82, 2.24) is 0 Å². The molecule has 0 saturated carbocycles. The first-order chi connectivity index (χ1) is 8.93. The molecule has 1 rings (SSSR count). The third kappa shape index (κ3) is 4.77. The molecule has 0 bridgehead atoms. The predicted molar refractivity (Wildman–Crippen MR) is 75.8 cm³/mol. The van der Waals surface area contributed by atoms with Crippen LogP contribution in [0.25, 0.3) is 0 Å². The number of Topliss-reactive ketones (excluding diaryl/α,β-unsaturated/α-hetero) is 1. The topological polar surface area (TPSA) is 57.5 Å². The molecule has 0 heterocycles. The summed E-state index contributed by atoms with van der Waals surface area (Å²) in [7, 11) is 0. The average molecular weight is 264 g/mol. The van der Waals surface area contributed by atoms with Crippen LogP contribution in [-0.4, -0.2) is 28.2 Å². The third-order valence-corrected chi connectivity index (χ3v) is 3.51. The second-order valence-corrected chi connectivity index (χ2v) is 5.46. The summed E-state index contributed by atoms with van der Waals surface area (Å²) >= 11 is 0. The highest BCUT2D eigenvalue weighted by molar-refractivity contribution is 5.79. The van der Waals surface area contributed by atoms with E-state index in [4.69, 9.17) is 0 Å². The van der Waals surface area contributed by atoms with Crippen LogP contribution >= 0.6 is 0 Å². The van der Waals surface area contributed by atoms with E-state index in [9.17, 15) is 15.0 Å². The fourth-order valence-electron chi connectivity index (χ4n) is 2.29. The van der Waals surface area contributed by atoms with Gasteiger partial charge in [-0.1, -0.05) is 44.2 Å². The number of aryl methyl sites for hydroxylation is 1. The standard InChI is InChI=1S/C16H24O3/c1-11(2)16(19)15(12(3)17)14(18)10-9-13-7-5-4-6-8-13/h4-8,11,14-16,18-19H,9-10H2,1-3H3/t14-,15+,16-/m1/s1.